The van der Waals surface area contributed by atoms with Crippen LogP contribution in [0.4, 0.5) is 0 Å². The number of rotatable bonds is 1. The van der Waals surface area contributed by atoms with Gasteiger partial charge in [0.2, 0.25) is 0 Å². The molecule has 1 saturated heterocycles. The van der Waals surface area contributed by atoms with Gasteiger partial charge in [0.05, 0.1) is 17.8 Å². The molecule has 1 aliphatic heterocycles. The Kier molecular flexibility index (Phi) is 5.22. The van der Waals surface area contributed by atoms with Crippen molar-refractivity contribution in [2.45, 2.75) is 137 Å². The molecule has 1 heterocycles. The van der Waals surface area contributed by atoms with E-state index in [1.807, 2.05) is 13.8 Å². The van der Waals surface area contributed by atoms with Crippen molar-refractivity contribution in [1.82, 2.24) is 0 Å². The summed E-state index contributed by atoms with van der Waals surface area (Å²) in [5, 5.41) is 10.8. The van der Waals surface area contributed by atoms with Crippen LogP contribution in [0.25, 0.3) is 0 Å². The molecule has 3 nitrogen and oxygen atoms in total. The Bertz CT molecular complexity index is 825. The summed E-state index contributed by atoms with van der Waals surface area (Å²) in [6.45, 7) is 18.6. The molecule has 0 aromatic heterocycles. The van der Waals surface area contributed by atoms with Crippen molar-refractivity contribution in [3.05, 3.63) is 0 Å². The number of carbonyl (C=O) groups is 1. The molecule has 0 bridgehead atoms. The normalized spacial score (nSPS) is 54.0. The van der Waals surface area contributed by atoms with Crippen LogP contribution in [0.3, 0.4) is 0 Å². The van der Waals surface area contributed by atoms with Crippen LogP contribution in [-0.4, -0.2) is 28.7 Å². The van der Waals surface area contributed by atoms with E-state index >= 15 is 0 Å². The van der Waals surface area contributed by atoms with E-state index in [9.17, 15) is 9.90 Å². The molecule has 4 saturated carbocycles. The fraction of sp³-hybridized carbons (Fsp3) is 0.967. The fourth-order valence-electron chi connectivity index (χ4n) is 10.7. The molecule has 1 N–H and O–H groups in total. The van der Waals surface area contributed by atoms with Gasteiger partial charge in [-0.1, -0.05) is 41.5 Å². The molecule has 0 aromatic carbocycles. The minimum absolute atomic E-state index is 0.0538. The lowest BCUT2D eigenvalue weighted by Crippen LogP contribution is -2.68. The van der Waals surface area contributed by atoms with Crippen LogP contribution in [0.2, 0.25) is 0 Å². The number of aliphatic hydroxyl groups is 1. The van der Waals surface area contributed by atoms with E-state index in [1.165, 1.54) is 44.9 Å². The molecule has 5 rings (SSSR count). The van der Waals surface area contributed by atoms with Crippen molar-refractivity contribution >= 4 is 5.78 Å². The molecule has 188 valence electrons. The Hall–Kier alpha value is -0.410. The first kappa shape index (κ1) is 24.3. The van der Waals surface area contributed by atoms with Crippen LogP contribution in [-0.2, 0) is 9.53 Å². The average Bonchev–Trinajstić information content (AvgIpc) is 2.71. The zero-order valence-corrected chi connectivity index (χ0v) is 22.7. The number of hydrogen-bond donors (Lipinski definition) is 1. The van der Waals surface area contributed by atoms with Crippen LogP contribution in [0.1, 0.15) is 120 Å². The van der Waals surface area contributed by atoms with Crippen LogP contribution in [0.15, 0.2) is 0 Å². The third-order valence-electron chi connectivity index (χ3n) is 13.0. The van der Waals surface area contributed by atoms with Crippen molar-refractivity contribution in [2.24, 2.45) is 44.8 Å². The third kappa shape index (κ3) is 3.09. The minimum atomic E-state index is -0.776. The highest BCUT2D eigenvalue weighted by Crippen LogP contribution is 2.75. The van der Waals surface area contributed by atoms with E-state index in [2.05, 4.69) is 41.5 Å². The Labute approximate surface area is 202 Å². The highest BCUT2D eigenvalue weighted by molar-refractivity contribution is 5.85. The second-order valence-corrected chi connectivity index (χ2v) is 15.2. The van der Waals surface area contributed by atoms with Crippen LogP contribution < -0.4 is 0 Å². The van der Waals surface area contributed by atoms with Gasteiger partial charge in [-0.2, -0.15) is 0 Å². The molecule has 0 aromatic rings. The van der Waals surface area contributed by atoms with Crippen molar-refractivity contribution in [3.63, 3.8) is 0 Å². The maximum Gasteiger partial charge on any atom is 0.138 e. The molecule has 0 spiro atoms. The van der Waals surface area contributed by atoms with Gasteiger partial charge in [-0.05, 0) is 111 Å². The molecule has 4 aliphatic carbocycles. The SMILES string of the molecule is CC1(C)C(=O)CC[C@@]2(C)C1CC[C@]1(C)[C@@H]2CCC2[C@H]3O[C@H](C(C)(C)O)CC[C@]3(C)CC[C@]21C. The lowest BCUT2D eigenvalue weighted by atomic mass is 9.33. The van der Waals surface area contributed by atoms with Gasteiger partial charge in [-0.25, -0.2) is 0 Å². The van der Waals surface area contributed by atoms with Gasteiger partial charge in [0.25, 0.3) is 0 Å². The van der Waals surface area contributed by atoms with Gasteiger partial charge in [-0.3, -0.25) is 4.79 Å². The van der Waals surface area contributed by atoms with Gasteiger partial charge in [-0.15, -0.1) is 0 Å². The quantitative estimate of drug-likeness (QED) is 0.462. The monoisotopic (exact) mass is 458 g/mol. The number of carbonyl (C=O) groups excluding carboxylic acids is 1. The lowest BCUT2D eigenvalue weighted by molar-refractivity contribution is -0.282. The predicted octanol–water partition coefficient (Wildman–Crippen LogP) is 6.95. The molecular weight excluding hydrogens is 408 g/mol. The summed E-state index contributed by atoms with van der Waals surface area (Å²) in [6.07, 6.45) is 11.7. The summed E-state index contributed by atoms with van der Waals surface area (Å²) in [5.74, 6) is 2.27. The summed E-state index contributed by atoms with van der Waals surface area (Å²) in [7, 11) is 0. The van der Waals surface area contributed by atoms with Crippen molar-refractivity contribution in [3.8, 4) is 0 Å². The summed E-state index contributed by atoms with van der Waals surface area (Å²) in [5.41, 5.74) is 0.120. The van der Waals surface area contributed by atoms with E-state index < -0.39 is 5.60 Å². The molecular formula is C30H50O3. The van der Waals surface area contributed by atoms with Gasteiger partial charge >= 0.3 is 0 Å². The van der Waals surface area contributed by atoms with Gasteiger partial charge in [0.1, 0.15) is 5.78 Å². The van der Waals surface area contributed by atoms with E-state index in [4.69, 9.17) is 4.74 Å². The second kappa shape index (κ2) is 7.09. The Morgan fingerprint density at radius 2 is 1.52 bits per heavy atom. The topological polar surface area (TPSA) is 46.5 Å². The molecule has 2 unspecified atom stereocenters. The van der Waals surface area contributed by atoms with Crippen LogP contribution >= 0.6 is 0 Å². The molecule has 9 atom stereocenters. The first-order valence-electron chi connectivity index (χ1n) is 14.0. The van der Waals surface area contributed by atoms with E-state index in [0.29, 0.717) is 29.0 Å². The summed E-state index contributed by atoms with van der Waals surface area (Å²) < 4.78 is 6.90. The summed E-state index contributed by atoms with van der Waals surface area (Å²) in [4.78, 5) is 12.9. The first-order chi connectivity index (χ1) is 15.1. The van der Waals surface area contributed by atoms with Crippen molar-refractivity contribution < 1.29 is 14.6 Å². The highest BCUT2D eigenvalue weighted by atomic mass is 16.5. The number of ether oxygens (including phenoxy) is 1. The standard InChI is InChI=1S/C30H50O3/c1-25(2)20-11-16-30(8)21(28(20,6)15-12-22(25)31)10-9-19-24-27(5,17-18-29(19,30)7)14-13-23(33-24)26(3,4)32/h19-21,23-24,32H,9-18H2,1-8H3/t19?,20?,21-,23+,24-,27-,28+,29-,30-/m1/s1. The maximum atomic E-state index is 12.9. The molecule has 0 amide bonds. The number of fused-ring (bicyclic) bond motifs is 7. The lowest BCUT2D eigenvalue weighted by Gasteiger charge is -2.72. The van der Waals surface area contributed by atoms with E-state index in [-0.39, 0.29) is 33.9 Å². The van der Waals surface area contributed by atoms with Gasteiger partial charge < -0.3 is 9.84 Å². The molecule has 5 aliphatic rings. The van der Waals surface area contributed by atoms with Crippen LogP contribution in [0, 0.1) is 44.8 Å². The third-order valence-corrected chi connectivity index (χ3v) is 13.0. The molecule has 33 heavy (non-hydrogen) atoms. The minimum Gasteiger partial charge on any atom is -0.388 e. The number of hydrogen-bond acceptors (Lipinski definition) is 3. The number of Topliss-reactive ketones (excluding diaryl/α,β-unsaturated/α-hetero) is 1. The Morgan fingerprint density at radius 3 is 2.18 bits per heavy atom. The maximum absolute atomic E-state index is 12.9. The predicted molar refractivity (Wildman–Crippen MR) is 133 cm³/mol. The Balaban J connectivity index is 1.50. The smallest absolute Gasteiger partial charge is 0.138 e. The zero-order chi connectivity index (χ0) is 24.2. The van der Waals surface area contributed by atoms with Crippen molar-refractivity contribution in [1.29, 1.82) is 0 Å². The summed E-state index contributed by atoms with van der Waals surface area (Å²) in [6, 6.07) is 0. The van der Waals surface area contributed by atoms with E-state index in [0.717, 1.165) is 19.3 Å². The number of ketones is 1. The van der Waals surface area contributed by atoms with Crippen LogP contribution in [0.5, 0.6) is 0 Å². The second-order valence-electron chi connectivity index (χ2n) is 15.2. The van der Waals surface area contributed by atoms with E-state index in [1.54, 1.807) is 0 Å². The van der Waals surface area contributed by atoms with Gasteiger partial charge in [0, 0.05) is 11.8 Å². The summed E-state index contributed by atoms with van der Waals surface area (Å²) >= 11 is 0. The first-order valence-corrected chi connectivity index (χ1v) is 14.0. The average molecular weight is 459 g/mol. The van der Waals surface area contributed by atoms with Crippen molar-refractivity contribution in [2.75, 3.05) is 0 Å². The molecule has 5 fully saturated rings. The van der Waals surface area contributed by atoms with Gasteiger partial charge in [0.15, 0.2) is 0 Å². The Morgan fingerprint density at radius 1 is 0.818 bits per heavy atom. The zero-order valence-electron chi connectivity index (χ0n) is 22.7. The fourth-order valence-corrected chi connectivity index (χ4v) is 10.7. The molecule has 3 heteroatoms. The molecule has 0 radical (unpaired) electrons. The largest absolute Gasteiger partial charge is 0.388 e. The highest BCUT2D eigenvalue weighted by Gasteiger charge is 2.70.